The average molecular weight is 371 g/mol. The molecule has 1 aliphatic carbocycles. The van der Waals surface area contributed by atoms with Gasteiger partial charge in [-0.3, -0.25) is 10.1 Å². The molecule has 1 aliphatic rings. The number of sulfonamides is 1. The Hall–Kier alpha value is -1.71. The van der Waals surface area contributed by atoms with Crippen LogP contribution in [0, 0.1) is 16.0 Å². The summed E-state index contributed by atoms with van der Waals surface area (Å²) in [6, 6.07) is 3.76. The number of rotatable bonds is 8. The summed E-state index contributed by atoms with van der Waals surface area (Å²) in [7, 11) is -2.49. The predicted molar refractivity (Wildman–Crippen MR) is 95.0 cm³/mol. The van der Waals surface area contributed by atoms with Crippen LogP contribution < -0.4 is 10.0 Å². The molecule has 3 N–H and O–H groups in total. The van der Waals surface area contributed by atoms with E-state index in [9.17, 15) is 23.6 Å². The third-order valence-corrected chi connectivity index (χ3v) is 6.16. The number of aliphatic hydroxyl groups is 1. The van der Waals surface area contributed by atoms with Gasteiger partial charge in [0, 0.05) is 18.7 Å². The number of nitro benzene ring substituents is 1. The van der Waals surface area contributed by atoms with Crippen LogP contribution in [0.15, 0.2) is 23.1 Å². The summed E-state index contributed by atoms with van der Waals surface area (Å²) in [6.45, 7) is -0.00577. The lowest BCUT2D eigenvalue weighted by molar-refractivity contribution is -0.384. The Bertz CT molecular complexity index is 702. The quantitative estimate of drug-likeness (QED) is 0.476. The molecule has 0 aliphatic heterocycles. The summed E-state index contributed by atoms with van der Waals surface area (Å²) in [5.74, 6) is 0.348. The molecule has 1 unspecified atom stereocenters. The van der Waals surface area contributed by atoms with E-state index in [-0.39, 0.29) is 28.9 Å². The van der Waals surface area contributed by atoms with E-state index in [0.717, 1.165) is 31.7 Å². The molecule has 0 aromatic heterocycles. The first kappa shape index (κ1) is 19.6. The van der Waals surface area contributed by atoms with Crippen LogP contribution in [-0.2, 0) is 10.0 Å². The molecule has 1 fully saturated rings. The summed E-state index contributed by atoms with van der Waals surface area (Å²) in [6.07, 6.45) is 5.98. The minimum absolute atomic E-state index is 0.00577. The third-order valence-electron chi connectivity index (χ3n) is 4.74. The summed E-state index contributed by atoms with van der Waals surface area (Å²) in [4.78, 5) is 10.7. The van der Waals surface area contributed by atoms with Gasteiger partial charge in [-0.1, -0.05) is 19.3 Å². The molecule has 0 spiro atoms. The summed E-state index contributed by atoms with van der Waals surface area (Å²) < 4.78 is 25.9. The zero-order chi connectivity index (χ0) is 18.4. The molecular weight excluding hydrogens is 346 g/mol. The van der Waals surface area contributed by atoms with Crippen LogP contribution in [0.1, 0.15) is 38.5 Å². The van der Waals surface area contributed by atoms with Gasteiger partial charge in [0.1, 0.15) is 5.69 Å². The normalized spacial score (nSPS) is 17.2. The predicted octanol–water partition coefficient (Wildman–Crippen LogP) is 2.25. The van der Waals surface area contributed by atoms with Crippen molar-refractivity contribution in [2.45, 2.75) is 49.5 Å². The van der Waals surface area contributed by atoms with Gasteiger partial charge >= 0.3 is 0 Å². The van der Waals surface area contributed by atoms with Crippen LogP contribution >= 0.6 is 0 Å². The zero-order valence-electron chi connectivity index (χ0n) is 14.3. The fourth-order valence-corrected chi connectivity index (χ4v) is 4.12. The Morgan fingerprint density at radius 1 is 1.32 bits per heavy atom. The van der Waals surface area contributed by atoms with Crippen molar-refractivity contribution in [2.24, 2.45) is 5.92 Å². The Morgan fingerprint density at radius 3 is 2.56 bits per heavy atom. The van der Waals surface area contributed by atoms with Crippen LogP contribution in [0.4, 0.5) is 11.4 Å². The highest BCUT2D eigenvalue weighted by Gasteiger charge is 2.27. The lowest BCUT2D eigenvalue weighted by atomic mass is 9.82. The van der Waals surface area contributed by atoms with Crippen LogP contribution in [0.25, 0.3) is 0 Å². The largest absolute Gasteiger partial charge is 0.396 e. The molecule has 0 radical (unpaired) electrons. The molecule has 1 saturated carbocycles. The monoisotopic (exact) mass is 371 g/mol. The first-order valence-corrected chi connectivity index (χ1v) is 9.96. The number of hydrogen-bond acceptors (Lipinski definition) is 6. The second kappa shape index (κ2) is 8.59. The van der Waals surface area contributed by atoms with Crippen molar-refractivity contribution in [1.82, 2.24) is 4.72 Å². The minimum atomic E-state index is -3.75. The van der Waals surface area contributed by atoms with Gasteiger partial charge in [0.05, 0.1) is 9.82 Å². The van der Waals surface area contributed by atoms with E-state index in [2.05, 4.69) is 10.0 Å². The summed E-state index contributed by atoms with van der Waals surface area (Å²) >= 11 is 0. The first-order chi connectivity index (χ1) is 11.9. The lowest BCUT2D eigenvalue weighted by Gasteiger charge is -2.31. The van der Waals surface area contributed by atoms with Crippen LogP contribution in [0.2, 0.25) is 0 Å². The van der Waals surface area contributed by atoms with E-state index in [1.54, 1.807) is 0 Å². The van der Waals surface area contributed by atoms with E-state index in [0.29, 0.717) is 12.3 Å². The highest BCUT2D eigenvalue weighted by Crippen LogP contribution is 2.33. The van der Waals surface area contributed by atoms with Crippen molar-refractivity contribution in [3.05, 3.63) is 28.3 Å². The molecule has 25 heavy (non-hydrogen) atoms. The molecular formula is C16H25N3O5S. The maximum Gasteiger partial charge on any atom is 0.293 e. The number of anilines is 1. The first-order valence-electron chi connectivity index (χ1n) is 8.48. The number of aliphatic hydroxyl groups excluding tert-OH is 1. The van der Waals surface area contributed by atoms with Crippen molar-refractivity contribution < 1.29 is 18.4 Å². The average Bonchev–Trinajstić information content (AvgIpc) is 2.62. The number of hydrogen-bond donors (Lipinski definition) is 3. The maximum absolute atomic E-state index is 11.9. The van der Waals surface area contributed by atoms with Gasteiger partial charge in [0.25, 0.3) is 5.69 Å². The Morgan fingerprint density at radius 2 is 2.00 bits per heavy atom. The lowest BCUT2D eigenvalue weighted by Crippen LogP contribution is -2.32. The maximum atomic E-state index is 11.9. The molecule has 0 saturated heterocycles. The molecule has 8 nitrogen and oxygen atoms in total. The number of nitrogens with zero attached hydrogens (tertiary/aromatic N) is 1. The highest BCUT2D eigenvalue weighted by molar-refractivity contribution is 7.89. The molecule has 1 atom stereocenters. The van der Waals surface area contributed by atoms with Crippen molar-refractivity contribution in [2.75, 3.05) is 19.0 Å². The van der Waals surface area contributed by atoms with E-state index < -0.39 is 14.9 Å². The topological polar surface area (TPSA) is 122 Å². The van der Waals surface area contributed by atoms with Crippen LogP contribution in [0.5, 0.6) is 0 Å². The Balaban J connectivity index is 2.31. The molecule has 0 bridgehead atoms. The molecule has 9 heteroatoms. The number of nitro groups is 1. The van der Waals surface area contributed by atoms with Crippen LogP contribution in [0.3, 0.4) is 0 Å². The van der Waals surface area contributed by atoms with Crippen molar-refractivity contribution in [3.63, 3.8) is 0 Å². The highest BCUT2D eigenvalue weighted by atomic mass is 32.2. The van der Waals surface area contributed by atoms with Gasteiger partial charge in [-0.15, -0.1) is 0 Å². The molecule has 140 valence electrons. The van der Waals surface area contributed by atoms with E-state index in [1.165, 1.54) is 25.6 Å². The molecule has 1 aromatic rings. The van der Waals surface area contributed by atoms with Gasteiger partial charge in [-0.2, -0.15) is 0 Å². The molecule has 1 aromatic carbocycles. The van der Waals surface area contributed by atoms with Gasteiger partial charge in [-0.25, -0.2) is 13.1 Å². The second-order valence-corrected chi connectivity index (χ2v) is 8.19. The number of benzene rings is 1. The standard InChI is InChI=1S/C16H25N3O5S/c1-17-25(23,24)13-7-8-15(16(11-13)19(21)22)18-14(9-10-20)12-5-3-2-4-6-12/h7-8,11-12,14,17-18,20H,2-6,9-10H2,1H3. The van der Waals surface area contributed by atoms with Gasteiger partial charge in [0.2, 0.25) is 10.0 Å². The van der Waals surface area contributed by atoms with Crippen molar-refractivity contribution >= 4 is 21.4 Å². The smallest absolute Gasteiger partial charge is 0.293 e. The van der Waals surface area contributed by atoms with Crippen LogP contribution in [-0.4, -0.2) is 38.1 Å². The van der Waals surface area contributed by atoms with Crippen molar-refractivity contribution in [3.8, 4) is 0 Å². The van der Waals surface area contributed by atoms with Gasteiger partial charge in [-0.05, 0) is 44.4 Å². The number of nitrogens with one attached hydrogen (secondary N) is 2. The Kier molecular flexibility index (Phi) is 6.74. The fourth-order valence-electron chi connectivity index (χ4n) is 3.37. The summed E-state index contributed by atoms with van der Waals surface area (Å²) in [5.41, 5.74) is -0.000786. The Labute approximate surface area is 147 Å². The molecule has 0 heterocycles. The van der Waals surface area contributed by atoms with E-state index in [1.807, 2.05) is 0 Å². The zero-order valence-corrected chi connectivity index (χ0v) is 15.1. The minimum Gasteiger partial charge on any atom is -0.396 e. The van der Waals surface area contributed by atoms with E-state index in [4.69, 9.17) is 0 Å². The summed E-state index contributed by atoms with van der Waals surface area (Å²) in [5, 5.41) is 23.9. The third kappa shape index (κ3) is 4.90. The van der Waals surface area contributed by atoms with Crippen molar-refractivity contribution in [1.29, 1.82) is 0 Å². The second-order valence-electron chi connectivity index (χ2n) is 6.30. The fraction of sp³-hybridized carbons (Fsp3) is 0.625. The SMILES string of the molecule is CNS(=O)(=O)c1ccc(NC(CCO)C2CCCCC2)c([N+](=O)[O-])c1. The molecule has 2 rings (SSSR count). The van der Waals surface area contributed by atoms with Gasteiger partial charge < -0.3 is 10.4 Å². The molecule has 0 amide bonds. The van der Waals surface area contributed by atoms with E-state index >= 15 is 0 Å². The van der Waals surface area contributed by atoms with Gasteiger partial charge in [0.15, 0.2) is 0 Å².